The molecule has 1 aromatic rings. The SMILES string of the molecule is CCNC(C)c1ccc(N2CCC(C)C2CO)cc1Br. The van der Waals surface area contributed by atoms with Crippen LogP contribution in [-0.2, 0) is 0 Å². The molecule has 0 saturated carbocycles. The predicted octanol–water partition coefficient (Wildman–Crippen LogP) is 3.33. The number of benzene rings is 1. The van der Waals surface area contributed by atoms with Gasteiger partial charge in [0.25, 0.3) is 0 Å². The molecule has 4 heteroatoms. The first kappa shape index (κ1) is 15.8. The molecule has 0 spiro atoms. The Balaban J connectivity index is 2.21. The Hall–Kier alpha value is -0.580. The zero-order valence-corrected chi connectivity index (χ0v) is 14.2. The van der Waals surface area contributed by atoms with Crippen LogP contribution in [0.5, 0.6) is 0 Å². The number of nitrogens with one attached hydrogen (secondary N) is 1. The Morgan fingerprint density at radius 2 is 2.25 bits per heavy atom. The van der Waals surface area contributed by atoms with Gasteiger partial charge in [-0.15, -0.1) is 0 Å². The van der Waals surface area contributed by atoms with Gasteiger partial charge in [-0.2, -0.15) is 0 Å². The van der Waals surface area contributed by atoms with Gasteiger partial charge >= 0.3 is 0 Å². The minimum Gasteiger partial charge on any atom is -0.394 e. The Labute approximate surface area is 130 Å². The van der Waals surface area contributed by atoms with Crippen LogP contribution in [-0.4, -0.2) is 30.8 Å². The topological polar surface area (TPSA) is 35.5 Å². The lowest BCUT2D eigenvalue weighted by Crippen LogP contribution is -2.35. The Kier molecular flexibility index (Phi) is 5.47. The molecule has 1 fully saturated rings. The van der Waals surface area contributed by atoms with Gasteiger partial charge in [-0.05, 0) is 43.5 Å². The molecular weight excluding hydrogens is 316 g/mol. The maximum absolute atomic E-state index is 9.59. The molecular formula is C16H25BrN2O. The van der Waals surface area contributed by atoms with Gasteiger partial charge < -0.3 is 15.3 Å². The molecule has 0 radical (unpaired) electrons. The van der Waals surface area contributed by atoms with Gasteiger partial charge in [0.1, 0.15) is 0 Å². The highest BCUT2D eigenvalue weighted by atomic mass is 79.9. The van der Waals surface area contributed by atoms with Crippen molar-refractivity contribution in [2.24, 2.45) is 5.92 Å². The summed E-state index contributed by atoms with van der Waals surface area (Å²) >= 11 is 3.69. The molecule has 3 unspecified atom stereocenters. The first-order valence-electron chi connectivity index (χ1n) is 7.48. The van der Waals surface area contributed by atoms with Crippen LogP contribution in [0.4, 0.5) is 5.69 Å². The van der Waals surface area contributed by atoms with E-state index >= 15 is 0 Å². The monoisotopic (exact) mass is 340 g/mol. The van der Waals surface area contributed by atoms with Crippen molar-refractivity contribution < 1.29 is 5.11 Å². The normalized spacial score (nSPS) is 24.1. The molecule has 1 aliphatic heterocycles. The van der Waals surface area contributed by atoms with E-state index in [0.29, 0.717) is 12.0 Å². The van der Waals surface area contributed by atoms with E-state index in [1.807, 2.05) is 0 Å². The maximum atomic E-state index is 9.59. The first-order chi connectivity index (χ1) is 9.58. The molecule has 2 rings (SSSR count). The highest BCUT2D eigenvalue weighted by Crippen LogP contribution is 2.33. The molecule has 0 aromatic heterocycles. The molecule has 0 amide bonds. The van der Waals surface area contributed by atoms with Gasteiger partial charge in [-0.3, -0.25) is 0 Å². The Morgan fingerprint density at radius 3 is 2.85 bits per heavy atom. The lowest BCUT2D eigenvalue weighted by Gasteiger charge is -2.28. The number of nitrogens with zero attached hydrogens (tertiary/aromatic N) is 1. The summed E-state index contributed by atoms with van der Waals surface area (Å²) in [6.45, 7) is 8.74. The number of anilines is 1. The van der Waals surface area contributed by atoms with E-state index in [1.54, 1.807) is 0 Å². The lowest BCUT2D eigenvalue weighted by molar-refractivity contribution is 0.245. The summed E-state index contributed by atoms with van der Waals surface area (Å²) in [5, 5.41) is 13.0. The fourth-order valence-corrected chi connectivity index (χ4v) is 3.78. The summed E-state index contributed by atoms with van der Waals surface area (Å²) in [4.78, 5) is 2.33. The third-order valence-corrected chi connectivity index (χ3v) is 5.05. The van der Waals surface area contributed by atoms with Crippen molar-refractivity contribution in [3.63, 3.8) is 0 Å². The second kappa shape index (κ2) is 6.92. The largest absolute Gasteiger partial charge is 0.394 e. The van der Waals surface area contributed by atoms with Crippen LogP contribution in [0.25, 0.3) is 0 Å². The number of hydrogen-bond acceptors (Lipinski definition) is 3. The smallest absolute Gasteiger partial charge is 0.0637 e. The van der Waals surface area contributed by atoms with E-state index in [4.69, 9.17) is 0 Å². The second-order valence-corrected chi connectivity index (χ2v) is 6.55. The van der Waals surface area contributed by atoms with Gasteiger partial charge in [0, 0.05) is 22.7 Å². The number of halogens is 1. The van der Waals surface area contributed by atoms with Crippen LogP contribution in [0.15, 0.2) is 22.7 Å². The van der Waals surface area contributed by atoms with E-state index in [-0.39, 0.29) is 12.6 Å². The van der Waals surface area contributed by atoms with Crippen LogP contribution < -0.4 is 10.2 Å². The van der Waals surface area contributed by atoms with Gasteiger partial charge in [-0.25, -0.2) is 0 Å². The molecule has 3 nitrogen and oxygen atoms in total. The molecule has 112 valence electrons. The van der Waals surface area contributed by atoms with Crippen molar-refractivity contribution in [3.05, 3.63) is 28.2 Å². The molecule has 1 saturated heterocycles. The fourth-order valence-electron chi connectivity index (χ4n) is 3.07. The Morgan fingerprint density at radius 1 is 1.50 bits per heavy atom. The fraction of sp³-hybridized carbons (Fsp3) is 0.625. The van der Waals surface area contributed by atoms with Crippen LogP contribution in [0.2, 0.25) is 0 Å². The van der Waals surface area contributed by atoms with Gasteiger partial charge in [-0.1, -0.05) is 35.8 Å². The molecule has 1 aromatic carbocycles. The Bertz CT molecular complexity index is 452. The molecule has 0 aliphatic carbocycles. The van der Waals surface area contributed by atoms with Crippen LogP contribution >= 0.6 is 15.9 Å². The van der Waals surface area contributed by atoms with Gasteiger partial charge in [0.05, 0.1) is 12.6 Å². The van der Waals surface area contributed by atoms with Crippen LogP contribution in [0, 0.1) is 5.92 Å². The summed E-state index contributed by atoms with van der Waals surface area (Å²) in [7, 11) is 0. The van der Waals surface area contributed by atoms with E-state index in [0.717, 1.165) is 24.0 Å². The van der Waals surface area contributed by atoms with Crippen molar-refractivity contribution in [1.82, 2.24) is 5.32 Å². The molecule has 2 N–H and O–H groups in total. The number of aliphatic hydroxyl groups excluding tert-OH is 1. The van der Waals surface area contributed by atoms with Crippen molar-refractivity contribution in [2.75, 3.05) is 24.6 Å². The molecule has 20 heavy (non-hydrogen) atoms. The van der Waals surface area contributed by atoms with Gasteiger partial charge in [0.2, 0.25) is 0 Å². The van der Waals surface area contributed by atoms with Crippen molar-refractivity contribution in [3.8, 4) is 0 Å². The van der Waals surface area contributed by atoms with E-state index in [2.05, 4.69) is 65.1 Å². The standard InChI is InChI=1S/C16H25BrN2O/c1-4-18-12(3)14-6-5-13(9-15(14)17)19-8-7-11(2)16(19)10-20/h5-6,9,11-12,16,18,20H,4,7-8,10H2,1-3H3. The average Bonchev–Trinajstić information content (AvgIpc) is 2.79. The molecule has 1 heterocycles. The predicted molar refractivity (Wildman–Crippen MR) is 88.2 cm³/mol. The number of hydrogen-bond donors (Lipinski definition) is 2. The highest BCUT2D eigenvalue weighted by Gasteiger charge is 2.30. The minimum atomic E-state index is 0.230. The number of aliphatic hydroxyl groups is 1. The third-order valence-electron chi connectivity index (χ3n) is 4.36. The number of rotatable bonds is 5. The summed E-state index contributed by atoms with van der Waals surface area (Å²) in [5.41, 5.74) is 2.48. The highest BCUT2D eigenvalue weighted by molar-refractivity contribution is 9.10. The van der Waals surface area contributed by atoms with Crippen molar-refractivity contribution in [2.45, 2.75) is 39.3 Å². The lowest BCUT2D eigenvalue weighted by atomic mass is 10.0. The molecule has 0 bridgehead atoms. The van der Waals surface area contributed by atoms with E-state index in [9.17, 15) is 5.11 Å². The zero-order valence-electron chi connectivity index (χ0n) is 12.6. The van der Waals surface area contributed by atoms with E-state index < -0.39 is 0 Å². The first-order valence-corrected chi connectivity index (χ1v) is 8.28. The van der Waals surface area contributed by atoms with Crippen LogP contribution in [0.1, 0.15) is 38.8 Å². The van der Waals surface area contributed by atoms with Crippen molar-refractivity contribution >= 4 is 21.6 Å². The average molecular weight is 341 g/mol. The third kappa shape index (κ3) is 3.18. The molecule has 1 aliphatic rings. The second-order valence-electron chi connectivity index (χ2n) is 5.69. The summed E-state index contributed by atoms with van der Waals surface area (Å²) in [6.07, 6.45) is 1.15. The van der Waals surface area contributed by atoms with Gasteiger partial charge in [0.15, 0.2) is 0 Å². The summed E-state index contributed by atoms with van der Waals surface area (Å²) < 4.78 is 1.14. The molecule has 3 atom stereocenters. The minimum absolute atomic E-state index is 0.230. The quantitative estimate of drug-likeness (QED) is 0.862. The van der Waals surface area contributed by atoms with Crippen molar-refractivity contribution in [1.29, 1.82) is 0 Å². The summed E-state index contributed by atoms with van der Waals surface area (Å²) in [5.74, 6) is 0.555. The summed E-state index contributed by atoms with van der Waals surface area (Å²) in [6, 6.07) is 7.14. The van der Waals surface area contributed by atoms with Crippen LogP contribution in [0.3, 0.4) is 0 Å². The maximum Gasteiger partial charge on any atom is 0.0637 e. The zero-order chi connectivity index (χ0) is 14.7. The van der Waals surface area contributed by atoms with E-state index in [1.165, 1.54) is 11.3 Å².